The Balaban J connectivity index is 1.75. The third kappa shape index (κ3) is 2.70. The highest BCUT2D eigenvalue weighted by molar-refractivity contribution is 7.14. The first-order chi connectivity index (χ1) is 9.76. The van der Waals surface area contributed by atoms with Crippen molar-refractivity contribution in [1.29, 1.82) is 0 Å². The summed E-state index contributed by atoms with van der Waals surface area (Å²) in [6, 6.07) is 10.0. The fourth-order valence-electron chi connectivity index (χ4n) is 2.44. The van der Waals surface area contributed by atoms with Crippen molar-refractivity contribution < 1.29 is 4.79 Å². The van der Waals surface area contributed by atoms with E-state index in [1.54, 1.807) is 11.3 Å². The van der Waals surface area contributed by atoms with Gasteiger partial charge in [-0.15, -0.1) is 11.3 Å². The van der Waals surface area contributed by atoms with Crippen LogP contribution in [0.5, 0.6) is 0 Å². The van der Waals surface area contributed by atoms with Gasteiger partial charge in [0.25, 0.3) is 5.91 Å². The lowest BCUT2D eigenvalue weighted by Crippen LogP contribution is -2.14. The molecule has 3 nitrogen and oxygen atoms in total. The van der Waals surface area contributed by atoms with Gasteiger partial charge in [-0.2, -0.15) is 0 Å². The molecule has 104 valence electrons. The molecule has 1 aromatic carbocycles. The molecule has 3 rings (SSSR count). The van der Waals surface area contributed by atoms with Crippen LogP contribution in [-0.2, 0) is 12.8 Å². The number of hydrogen-bond acceptors (Lipinski definition) is 3. The highest BCUT2D eigenvalue weighted by Gasteiger charge is 2.12. The summed E-state index contributed by atoms with van der Waals surface area (Å²) in [5.41, 5.74) is 3.36. The second-order valence-corrected chi connectivity index (χ2v) is 6.14. The zero-order valence-corrected chi connectivity index (χ0v) is 12.3. The Bertz CT molecular complexity index is 633. The van der Waals surface area contributed by atoms with E-state index >= 15 is 0 Å². The molecule has 0 bridgehead atoms. The van der Waals surface area contributed by atoms with E-state index in [-0.39, 0.29) is 5.91 Å². The first-order valence-electron chi connectivity index (χ1n) is 7.03. The molecule has 1 aliphatic heterocycles. The molecule has 1 aliphatic rings. The topological polar surface area (TPSA) is 41.1 Å². The minimum atomic E-state index is -0.0154. The molecule has 0 aliphatic carbocycles. The van der Waals surface area contributed by atoms with E-state index in [0.29, 0.717) is 0 Å². The Labute approximate surface area is 123 Å². The molecular formula is C16H18N2OS. The minimum Gasteiger partial charge on any atom is -0.385 e. The smallest absolute Gasteiger partial charge is 0.265 e. The Morgan fingerprint density at radius 1 is 1.35 bits per heavy atom. The molecule has 0 fully saturated rings. The first-order valence-corrected chi connectivity index (χ1v) is 7.85. The number of thiophene rings is 1. The van der Waals surface area contributed by atoms with Crippen molar-refractivity contribution in [3.63, 3.8) is 0 Å². The predicted molar refractivity (Wildman–Crippen MR) is 84.9 cm³/mol. The van der Waals surface area contributed by atoms with E-state index < -0.39 is 0 Å². The summed E-state index contributed by atoms with van der Waals surface area (Å²) in [5.74, 6) is -0.0154. The summed E-state index contributed by atoms with van der Waals surface area (Å²) >= 11 is 1.56. The van der Waals surface area contributed by atoms with Gasteiger partial charge in [-0.1, -0.05) is 6.92 Å². The molecule has 1 amide bonds. The normalized spacial score (nSPS) is 13.4. The van der Waals surface area contributed by atoms with Gasteiger partial charge in [0.15, 0.2) is 0 Å². The lowest BCUT2D eigenvalue weighted by Gasteiger charge is -2.18. The van der Waals surface area contributed by atoms with Crippen molar-refractivity contribution >= 4 is 28.6 Å². The number of rotatable bonds is 3. The second kappa shape index (κ2) is 5.67. The van der Waals surface area contributed by atoms with Gasteiger partial charge in [-0.3, -0.25) is 4.79 Å². The maximum Gasteiger partial charge on any atom is 0.265 e. The largest absolute Gasteiger partial charge is 0.385 e. The average Bonchev–Trinajstić information content (AvgIpc) is 2.96. The number of carbonyl (C=O) groups is 1. The van der Waals surface area contributed by atoms with Crippen LogP contribution in [-0.4, -0.2) is 12.5 Å². The van der Waals surface area contributed by atoms with Crippen LogP contribution in [0.15, 0.2) is 30.3 Å². The summed E-state index contributed by atoms with van der Waals surface area (Å²) < 4.78 is 0. The van der Waals surface area contributed by atoms with E-state index in [1.165, 1.54) is 16.1 Å². The van der Waals surface area contributed by atoms with E-state index in [9.17, 15) is 4.79 Å². The summed E-state index contributed by atoms with van der Waals surface area (Å²) in [7, 11) is 0. The number of anilines is 2. The molecule has 2 aromatic rings. The highest BCUT2D eigenvalue weighted by atomic mass is 32.1. The monoisotopic (exact) mass is 286 g/mol. The molecule has 0 radical (unpaired) electrons. The highest BCUT2D eigenvalue weighted by Crippen LogP contribution is 2.26. The molecular weight excluding hydrogens is 268 g/mol. The first kappa shape index (κ1) is 13.2. The number of nitrogens with one attached hydrogen (secondary N) is 2. The van der Waals surface area contributed by atoms with Gasteiger partial charge in [0.2, 0.25) is 0 Å². The zero-order chi connectivity index (χ0) is 13.9. The standard InChI is InChI=1S/C16H18N2OS/c1-2-13-6-8-15(20-13)16(19)18-12-5-7-14-11(10-12)4-3-9-17-14/h5-8,10,17H,2-4,9H2,1H3,(H,18,19). The number of carbonyl (C=O) groups excluding carboxylic acids is 1. The van der Waals surface area contributed by atoms with Crippen LogP contribution in [0.4, 0.5) is 11.4 Å². The summed E-state index contributed by atoms with van der Waals surface area (Å²) in [6.45, 7) is 3.14. The van der Waals surface area contributed by atoms with Gasteiger partial charge in [0.1, 0.15) is 0 Å². The molecule has 0 spiro atoms. The summed E-state index contributed by atoms with van der Waals surface area (Å²) in [6.07, 6.45) is 3.20. The number of fused-ring (bicyclic) bond motifs is 1. The molecule has 0 saturated heterocycles. The lowest BCUT2D eigenvalue weighted by molar-refractivity contribution is 0.103. The van der Waals surface area contributed by atoms with Gasteiger partial charge in [0.05, 0.1) is 4.88 Å². The summed E-state index contributed by atoms with van der Waals surface area (Å²) in [4.78, 5) is 14.2. The lowest BCUT2D eigenvalue weighted by atomic mass is 10.0. The van der Waals surface area contributed by atoms with E-state index in [4.69, 9.17) is 0 Å². The molecule has 20 heavy (non-hydrogen) atoms. The van der Waals surface area contributed by atoms with Crippen LogP contribution >= 0.6 is 11.3 Å². The third-order valence-corrected chi connectivity index (χ3v) is 4.76. The van der Waals surface area contributed by atoms with Gasteiger partial charge in [-0.25, -0.2) is 0 Å². The molecule has 0 saturated carbocycles. The van der Waals surface area contributed by atoms with Crippen LogP contribution in [0.3, 0.4) is 0 Å². The minimum absolute atomic E-state index is 0.0154. The maximum absolute atomic E-state index is 12.2. The molecule has 4 heteroatoms. The van der Waals surface area contributed by atoms with E-state index in [1.807, 2.05) is 18.2 Å². The van der Waals surface area contributed by atoms with Crippen LogP contribution in [0.25, 0.3) is 0 Å². The van der Waals surface area contributed by atoms with Crippen molar-refractivity contribution in [1.82, 2.24) is 0 Å². The molecule has 1 aromatic heterocycles. The second-order valence-electron chi connectivity index (χ2n) is 4.98. The number of hydrogen-bond donors (Lipinski definition) is 2. The number of aryl methyl sites for hydroxylation is 2. The van der Waals surface area contributed by atoms with Crippen LogP contribution in [0.2, 0.25) is 0 Å². The van der Waals surface area contributed by atoms with Crippen molar-refractivity contribution in [2.24, 2.45) is 0 Å². The van der Waals surface area contributed by atoms with Gasteiger partial charge >= 0.3 is 0 Å². The van der Waals surface area contributed by atoms with Crippen molar-refractivity contribution in [2.75, 3.05) is 17.2 Å². The third-order valence-electron chi connectivity index (χ3n) is 3.54. The van der Waals surface area contributed by atoms with Gasteiger partial charge in [-0.05, 0) is 55.2 Å². The summed E-state index contributed by atoms with van der Waals surface area (Å²) in [5, 5.41) is 6.36. The van der Waals surface area contributed by atoms with Crippen molar-refractivity contribution in [2.45, 2.75) is 26.2 Å². The molecule has 0 unspecified atom stereocenters. The van der Waals surface area contributed by atoms with E-state index in [0.717, 1.165) is 36.4 Å². The average molecular weight is 286 g/mol. The van der Waals surface area contributed by atoms with Crippen LogP contribution in [0, 0.1) is 0 Å². The van der Waals surface area contributed by atoms with Crippen molar-refractivity contribution in [3.05, 3.63) is 45.6 Å². The van der Waals surface area contributed by atoms with Crippen LogP contribution in [0.1, 0.15) is 33.5 Å². The predicted octanol–water partition coefficient (Wildman–Crippen LogP) is 3.92. The SMILES string of the molecule is CCc1ccc(C(=O)Nc2ccc3c(c2)CCCN3)s1. The van der Waals surface area contributed by atoms with E-state index in [2.05, 4.69) is 29.7 Å². The molecule has 0 atom stereocenters. The van der Waals surface area contributed by atoms with Crippen molar-refractivity contribution in [3.8, 4) is 0 Å². The van der Waals surface area contributed by atoms with Gasteiger partial charge in [0, 0.05) is 22.8 Å². The Hall–Kier alpha value is -1.81. The van der Waals surface area contributed by atoms with Crippen LogP contribution < -0.4 is 10.6 Å². The molecule has 2 N–H and O–H groups in total. The molecule has 2 heterocycles. The fourth-order valence-corrected chi connectivity index (χ4v) is 3.28. The number of benzene rings is 1. The Kier molecular flexibility index (Phi) is 3.74. The number of amides is 1. The maximum atomic E-state index is 12.2. The quantitative estimate of drug-likeness (QED) is 0.898. The zero-order valence-electron chi connectivity index (χ0n) is 11.5. The fraction of sp³-hybridized carbons (Fsp3) is 0.312. The Morgan fingerprint density at radius 2 is 2.25 bits per heavy atom. The van der Waals surface area contributed by atoms with Gasteiger partial charge < -0.3 is 10.6 Å². The Morgan fingerprint density at radius 3 is 3.05 bits per heavy atom.